The second kappa shape index (κ2) is 3.57. The monoisotopic (exact) mass is 204 g/mol. The van der Waals surface area contributed by atoms with E-state index in [1.54, 1.807) is 12.1 Å². The molecule has 0 amide bonds. The summed E-state index contributed by atoms with van der Waals surface area (Å²) in [6.07, 6.45) is 2.68. The predicted molar refractivity (Wildman–Crippen MR) is 55.7 cm³/mol. The summed E-state index contributed by atoms with van der Waals surface area (Å²) in [5.74, 6) is -0.514. The lowest BCUT2D eigenvalue weighted by Gasteiger charge is -2.08. The van der Waals surface area contributed by atoms with Crippen molar-refractivity contribution in [3.05, 3.63) is 42.5 Å². The van der Waals surface area contributed by atoms with Gasteiger partial charge in [-0.2, -0.15) is 0 Å². The van der Waals surface area contributed by atoms with Gasteiger partial charge in [-0.15, -0.1) is 0 Å². The highest BCUT2D eigenvalue weighted by molar-refractivity contribution is 5.81. The molecule has 4 heteroatoms. The molecule has 0 fully saturated rings. The van der Waals surface area contributed by atoms with Crippen LogP contribution < -0.4 is 5.73 Å². The Balaban J connectivity index is 2.69. The number of phenols is 1. The van der Waals surface area contributed by atoms with E-state index in [1.165, 1.54) is 24.5 Å². The van der Waals surface area contributed by atoms with Crippen LogP contribution in [-0.4, -0.2) is 10.1 Å². The number of halogens is 1. The van der Waals surface area contributed by atoms with E-state index in [0.29, 0.717) is 5.69 Å². The number of anilines is 1. The zero-order valence-electron chi connectivity index (χ0n) is 7.81. The van der Waals surface area contributed by atoms with Crippen LogP contribution in [0, 0.1) is 5.82 Å². The Kier molecular flexibility index (Phi) is 2.25. The summed E-state index contributed by atoms with van der Waals surface area (Å²) in [6.45, 7) is 0. The molecule has 0 aliphatic carbocycles. The average Bonchev–Trinajstić information content (AvgIpc) is 2.20. The van der Waals surface area contributed by atoms with E-state index in [2.05, 4.69) is 4.98 Å². The van der Waals surface area contributed by atoms with Gasteiger partial charge in [-0.3, -0.25) is 4.98 Å². The molecule has 1 aromatic carbocycles. The van der Waals surface area contributed by atoms with Crippen LogP contribution in [0.2, 0.25) is 0 Å². The molecular formula is C11H9FN2O. The van der Waals surface area contributed by atoms with Crippen LogP contribution in [0.3, 0.4) is 0 Å². The first-order valence-corrected chi connectivity index (χ1v) is 4.37. The van der Waals surface area contributed by atoms with Crippen LogP contribution in [0.15, 0.2) is 36.7 Å². The topological polar surface area (TPSA) is 59.1 Å². The number of phenolic OH excluding ortho intramolecular Hbond substituents is 1. The molecule has 0 spiro atoms. The number of nitrogens with two attached hydrogens (primary N) is 1. The molecule has 0 aliphatic heterocycles. The Labute approximate surface area is 86.0 Å². The summed E-state index contributed by atoms with van der Waals surface area (Å²) in [5, 5.41) is 9.59. The fourth-order valence-corrected chi connectivity index (χ4v) is 1.41. The molecule has 0 atom stereocenters. The summed E-state index contributed by atoms with van der Waals surface area (Å²) >= 11 is 0. The first kappa shape index (κ1) is 9.45. The molecule has 0 aliphatic rings. The number of aromatic nitrogens is 1. The number of nitrogens with zero attached hydrogens (tertiary/aromatic N) is 1. The fourth-order valence-electron chi connectivity index (χ4n) is 1.41. The van der Waals surface area contributed by atoms with Gasteiger partial charge in [0.1, 0.15) is 11.6 Å². The normalized spacial score (nSPS) is 10.2. The van der Waals surface area contributed by atoms with Gasteiger partial charge in [0.15, 0.2) is 0 Å². The maximum Gasteiger partial charge on any atom is 0.134 e. The number of nitrogen functional groups attached to an aromatic ring is 1. The summed E-state index contributed by atoms with van der Waals surface area (Å²) in [4.78, 5) is 3.80. The number of hydrogen-bond acceptors (Lipinski definition) is 3. The maximum absolute atomic E-state index is 13.4. The summed E-state index contributed by atoms with van der Waals surface area (Å²) in [7, 11) is 0. The fraction of sp³-hybridized carbons (Fsp3) is 0. The van der Waals surface area contributed by atoms with Crippen molar-refractivity contribution in [2.75, 3.05) is 5.73 Å². The second-order valence-corrected chi connectivity index (χ2v) is 3.10. The third-order valence-corrected chi connectivity index (χ3v) is 2.11. The van der Waals surface area contributed by atoms with E-state index in [4.69, 9.17) is 5.73 Å². The zero-order chi connectivity index (χ0) is 10.8. The predicted octanol–water partition coefficient (Wildman–Crippen LogP) is 2.18. The minimum absolute atomic E-state index is 0.0538. The Morgan fingerprint density at radius 3 is 2.73 bits per heavy atom. The van der Waals surface area contributed by atoms with Crippen molar-refractivity contribution >= 4 is 5.69 Å². The number of aromatic hydroxyl groups is 1. The van der Waals surface area contributed by atoms with Crippen molar-refractivity contribution in [3.8, 4) is 16.9 Å². The van der Waals surface area contributed by atoms with E-state index >= 15 is 0 Å². The van der Waals surface area contributed by atoms with E-state index in [0.717, 1.165) is 0 Å². The van der Waals surface area contributed by atoms with Crippen molar-refractivity contribution in [1.82, 2.24) is 4.98 Å². The lowest BCUT2D eigenvalue weighted by Crippen LogP contribution is -1.93. The van der Waals surface area contributed by atoms with Crippen molar-refractivity contribution in [2.24, 2.45) is 0 Å². The summed E-state index contributed by atoms with van der Waals surface area (Å²) < 4.78 is 13.4. The molecule has 3 nitrogen and oxygen atoms in total. The third kappa shape index (κ3) is 1.61. The van der Waals surface area contributed by atoms with Crippen molar-refractivity contribution < 1.29 is 9.50 Å². The SMILES string of the molecule is Nc1cccc(O)c1-c1cnccc1F. The minimum atomic E-state index is -0.460. The lowest BCUT2D eigenvalue weighted by atomic mass is 10.0. The summed E-state index contributed by atoms with van der Waals surface area (Å²) in [6, 6.07) is 5.88. The standard InChI is InChI=1S/C11H9FN2O/c12-8-4-5-14-6-7(8)11-9(13)2-1-3-10(11)15/h1-6,15H,13H2. The molecule has 0 saturated carbocycles. The van der Waals surface area contributed by atoms with Crippen LogP contribution in [-0.2, 0) is 0 Å². The van der Waals surface area contributed by atoms with Crippen LogP contribution in [0.25, 0.3) is 11.1 Å². The van der Waals surface area contributed by atoms with Crippen molar-refractivity contribution in [1.29, 1.82) is 0 Å². The number of benzene rings is 1. The molecule has 0 unspecified atom stereocenters. The number of rotatable bonds is 1. The largest absolute Gasteiger partial charge is 0.507 e. The first-order chi connectivity index (χ1) is 7.20. The molecule has 2 aromatic rings. The molecule has 0 radical (unpaired) electrons. The van der Waals surface area contributed by atoms with Gasteiger partial charge in [0.05, 0.1) is 5.56 Å². The van der Waals surface area contributed by atoms with Gasteiger partial charge in [0.2, 0.25) is 0 Å². The maximum atomic E-state index is 13.4. The Morgan fingerprint density at radius 1 is 1.27 bits per heavy atom. The van der Waals surface area contributed by atoms with Crippen LogP contribution >= 0.6 is 0 Å². The van der Waals surface area contributed by atoms with Gasteiger partial charge in [-0.05, 0) is 18.2 Å². The molecule has 1 heterocycles. The van der Waals surface area contributed by atoms with Crippen LogP contribution in [0.5, 0.6) is 5.75 Å². The highest BCUT2D eigenvalue weighted by atomic mass is 19.1. The zero-order valence-corrected chi connectivity index (χ0v) is 7.81. The Hall–Kier alpha value is -2.10. The molecule has 2 rings (SSSR count). The quantitative estimate of drug-likeness (QED) is 0.700. The van der Waals surface area contributed by atoms with Gasteiger partial charge in [-0.25, -0.2) is 4.39 Å². The smallest absolute Gasteiger partial charge is 0.134 e. The van der Waals surface area contributed by atoms with Crippen LogP contribution in [0.1, 0.15) is 0 Å². The van der Waals surface area contributed by atoms with Crippen molar-refractivity contribution in [2.45, 2.75) is 0 Å². The number of hydrogen-bond donors (Lipinski definition) is 2. The van der Waals surface area contributed by atoms with Gasteiger partial charge >= 0.3 is 0 Å². The number of pyridine rings is 1. The molecule has 0 saturated heterocycles. The van der Waals surface area contributed by atoms with Crippen LogP contribution in [0.4, 0.5) is 10.1 Å². The molecule has 1 aromatic heterocycles. The van der Waals surface area contributed by atoms with E-state index in [1.807, 2.05) is 0 Å². The van der Waals surface area contributed by atoms with E-state index in [-0.39, 0.29) is 16.9 Å². The highest BCUT2D eigenvalue weighted by Gasteiger charge is 2.12. The van der Waals surface area contributed by atoms with Gasteiger partial charge in [-0.1, -0.05) is 6.07 Å². The first-order valence-electron chi connectivity index (χ1n) is 4.37. The molecule has 15 heavy (non-hydrogen) atoms. The Bertz CT molecular complexity index is 479. The minimum Gasteiger partial charge on any atom is -0.507 e. The molecule has 3 N–H and O–H groups in total. The van der Waals surface area contributed by atoms with Gasteiger partial charge < -0.3 is 10.8 Å². The van der Waals surface area contributed by atoms with Gasteiger partial charge in [0, 0.05) is 23.6 Å². The van der Waals surface area contributed by atoms with E-state index in [9.17, 15) is 9.50 Å². The summed E-state index contributed by atoms with van der Waals surface area (Å²) in [5.41, 5.74) is 6.47. The van der Waals surface area contributed by atoms with E-state index < -0.39 is 5.82 Å². The lowest BCUT2D eigenvalue weighted by molar-refractivity contribution is 0.477. The third-order valence-electron chi connectivity index (χ3n) is 2.11. The highest BCUT2D eigenvalue weighted by Crippen LogP contribution is 2.34. The second-order valence-electron chi connectivity index (χ2n) is 3.10. The van der Waals surface area contributed by atoms with Crippen molar-refractivity contribution in [3.63, 3.8) is 0 Å². The molecular weight excluding hydrogens is 195 g/mol. The molecule has 76 valence electrons. The Morgan fingerprint density at radius 2 is 2.07 bits per heavy atom. The van der Waals surface area contributed by atoms with Gasteiger partial charge in [0.25, 0.3) is 0 Å². The molecule has 0 bridgehead atoms. The average molecular weight is 204 g/mol.